The summed E-state index contributed by atoms with van der Waals surface area (Å²) < 4.78 is 16.9. The summed E-state index contributed by atoms with van der Waals surface area (Å²) in [5, 5.41) is 0. The van der Waals surface area contributed by atoms with Crippen LogP contribution in [0.3, 0.4) is 0 Å². The smallest absolute Gasteiger partial charge is 0.306 e. The first kappa shape index (κ1) is 71.1. The average molecular weight is 1040 g/mol. The van der Waals surface area contributed by atoms with E-state index in [1.165, 1.54) is 116 Å². The molecular weight excluding hydrogens is 925 g/mol. The molecular formula is C69H116O6. The number of unbranched alkanes of at least 4 members (excludes halogenated alkanes) is 27. The van der Waals surface area contributed by atoms with E-state index in [1.54, 1.807) is 0 Å². The molecule has 0 heterocycles. The number of carbonyl (C=O) groups is 3. The first-order valence-electron chi connectivity index (χ1n) is 31.4. The number of hydrogen-bond acceptors (Lipinski definition) is 6. The molecule has 0 spiro atoms. The van der Waals surface area contributed by atoms with Crippen molar-refractivity contribution in [3.63, 3.8) is 0 Å². The van der Waals surface area contributed by atoms with Crippen LogP contribution in [0, 0.1) is 0 Å². The van der Waals surface area contributed by atoms with Gasteiger partial charge in [0.2, 0.25) is 0 Å². The first-order chi connectivity index (χ1) is 37.0. The zero-order valence-electron chi connectivity index (χ0n) is 49.0. The Hall–Kier alpha value is -3.93. The van der Waals surface area contributed by atoms with Crippen molar-refractivity contribution >= 4 is 17.9 Å². The van der Waals surface area contributed by atoms with E-state index in [-0.39, 0.29) is 31.1 Å². The Morgan fingerprint density at radius 3 is 0.840 bits per heavy atom. The monoisotopic (exact) mass is 1040 g/mol. The molecule has 0 aromatic heterocycles. The van der Waals surface area contributed by atoms with E-state index in [0.717, 1.165) is 135 Å². The molecule has 0 rings (SSSR count). The number of rotatable bonds is 56. The van der Waals surface area contributed by atoms with Crippen molar-refractivity contribution in [1.29, 1.82) is 0 Å². The normalized spacial score (nSPS) is 12.8. The van der Waals surface area contributed by atoms with Crippen molar-refractivity contribution < 1.29 is 28.6 Å². The Morgan fingerprint density at radius 2 is 0.520 bits per heavy atom. The van der Waals surface area contributed by atoms with Gasteiger partial charge < -0.3 is 14.2 Å². The number of ether oxygens (including phenoxy) is 3. The molecule has 0 aliphatic heterocycles. The maximum Gasteiger partial charge on any atom is 0.306 e. The summed E-state index contributed by atoms with van der Waals surface area (Å²) in [6, 6.07) is 0. The maximum atomic E-state index is 12.9. The first-order valence-corrected chi connectivity index (χ1v) is 31.4. The Balaban J connectivity index is 4.39. The van der Waals surface area contributed by atoms with Crippen molar-refractivity contribution in [2.45, 2.75) is 297 Å². The molecule has 0 aromatic rings. The Morgan fingerprint density at radius 1 is 0.280 bits per heavy atom. The third-order valence-electron chi connectivity index (χ3n) is 13.2. The highest BCUT2D eigenvalue weighted by molar-refractivity contribution is 5.71. The molecule has 0 radical (unpaired) electrons. The van der Waals surface area contributed by atoms with Crippen molar-refractivity contribution in [3.05, 3.63) is 109 Å². The van der Waals surface area contributed by atoms with Gasteiger partial charge in [-0.25, -0.2) is 0 Å². The van der Waals surface area contributed by atoms with E-state index in [9.17, 15) is 14.4 Å². The average Bonchev–Trinajstić information content (AvgIpc) is 3.41. The minimum absolute atomic E-state index is 0.0957. The van der Waals surface area contributed by atoms with E-state index in [0.29, 0.717) is 19.3 Å². The highest BCUT2D eigenvalue weighted by Gasteiger charge is 2.19. The SMILES string of the molecule is CC/C=C\C/C=C\C/C=C\C/C=C\CCCCCCC(=O)OC(COC(=O)CCCCCCC/C=C\C/C=C\CCCCC)COC(=O)CCCCCCCCCCCC/C=C\C/C=C\C/C=C\CCCCCCC. The summed E-state index contributed by atoms with van der Waals surface area (Å²) in [6.07, 6.45) is 85.1. The summed E-state index contributed by atoms with van der Waals surface area (Å²) >= 11 is 0. The second kappa shape index (κ2) is 62.6. The molecule has 0 N–H and O–H groups in total. The summed E-state index contributed by atoms with van der Waals surface area (Å²) in [4.78, 5) is 38.3. The van der Waals surface area contributed by atoms with Crippen LogP contribution in [0.1, 0.15) is 290 Å². The molecule has 0 fully saturated rings. The summed E-state index contributed by atoms with van der Waals surface area (Å²) in [5.41, 5.74) is 0. The molecule has 0 aromatic carbocycles. The van der Waals surface area contributed by atoms with Crippen molar-refractivity contribution in [2.75, 3.05) is 13.2 Å². The van der Waals surface area contributed by atoms with E-state index in [1.807, 2.05) is 0 Å². The Bertz CT molecular complexity index is 1520. The lowest BCUT2D eigenvalue weighted by atomic mass is 10.1. The quantitative estimate of drug-likeness (QED) is 0.0261. The molecule has 75 heavy (non-hydrogen) atoms. The predicted octanol–water partition coefficient (Wildman–Crippen LogP) is 21.4. The lowest BCUT2D eigenvalue weighted by Crippen LogP contribution is -2.30. The van der Waals surface area contributed by atoms with Crippen LogP contribution < -0.4 is 0 Å². The van der Waals surface area contributed by atoms with Crippen molar-refractivity contribution in [1.82, 2.24) is 0 Å². The molecule has 0 aliphatic carbocycles. The summed E-state index contributed by atoms with van der Waals surface area (Å²) in [6.45, 7) is 6.47. The van der Waals surface area contributed by atoms with Gasteiger partial charge in [-0.2, -0.15) is 0 Å². The number of esters is 3. The lowest BCUT2D eigenvalue weighted by molar-refractivity contribution is -0.167. The highest BCUT2D eigenvalue weighted by Crippen LogP contribution is 2.15. The van der Waals surface area contributed by atoms with Gasteiger partial charge in [0.15, 0.2) is 6.10 Å². The second-order valence-electron chi connectivity index (χ2n) is 20.6. The molecule has 6 heteroatoms. The van der Waals surface area contributed by atoms with Gasteiger partial charge in [-0.1, -0.05) is 252 Å². The zero-order chi connectivity index (χ0) is 54.3. The van der Waals surface area contributed by atoms with Gasteiger partial charge in [0.05, 0.1) is 0 Å². The Labute approximate surface area is 463 Å². The number of carbonyl (C=O) groups excluding carboxylic acids is 3. The summed E-state index contributed by atoms with van der Waals surface area (Å²) in [5.74, 6) is -0.933. The van der Waals surface area contributed by atoms with Crippen LogP contribution >= 0.6 is 0 Å². The Kier molecular flexibility index (Phi) is 59.3. The van der Waals surface area contributed by atoms with Gasteiger partial charge in [0, 0.05) is 19.3 Å². The molecule has 0 saturated carbocycles. The molecule has 0 aliphatic rings. The highest BCUT2D eigenvalue weighted by atomic mass is 16.6. The van der Waals surface area contributed by atoms with E-state index >= 15 is 0 Å². The van der Waals surface area contributed by atoms with Gasteiger partial charge in [-0.3, -0.25) is 14.4 Å². The van der Waals surface area contributed by atoms with Crippen LogP contribution in [0.4, 0.5) is 0 Å². The van der Waals surface area contributed by atoms with Crippen LogP contribution in [-0.4, -0.2) is 37.2 Å². The molecule has 0 saturated heterocycles. The topological polar surface area (TPSA) is 78.9 Å². The summed E-state index contributed by atoms with van der Waals surface area (Å²) in [7, 11) is 0. The molecule has 0 amide bonds. The number of hydrogen-bond donors (Lipinski definition) is 0. The second-order valence-corrected chi connectivity index (χ2v) is 20.6. The van der Waals surface area contributed by atoms with Crippen LogP contribution in [0.2, 0.25) is 0 Å². The van der Waals surface area contributed by atoms with Crippen molar-refractivity contribution in [3.8, 4) is 0 Å². The number of allylic oxidation sites excluding steroid dienone is 18. The molecule has 1 unspecified atom stereocenters. The van der Waals surface area contributed by atoms with Crippen LogP contribution in [0.25, 0.3) is 0 Å². The zero-order valence-corrected chi connectivity index (χ0v) is 49.0. The van der Waals surface area contributed by atoms with Crippen LogP contribution in [0.15, 0.2) is 109 Å². The largest absolute Gasteiger partial charge is 0.462 e. The van der Waals surface area contributed by atoms with Gasteiger partial charge in [-0.15, -0.1) is 0 Å². The maximum absolute atomic E-state index is 12.9. The van der Waals surface area contributed by atoms with Crippen LogP contribution in [-0.2, 0) is 28.6 Å². The van der Waals surface area contributed by atoms with Gasteiger partial charge >= 0.3 is 17.9 Å². The minimum atomic E-state index is -0.802. The van der Waals surface area contributed by atoms with E-state index < -0.39 is 6.10 Å². The van der Waals surface area contributed by atoms with Crippen molar-refractivity contribution in [2.24, 2.45) is 0 Å². The third-order valence-corrected chi connectivity index (χ3v) is 13.2. The van der Waals surface area contributed by atoms with Gasteiger partial charge in [-0.05, 0) is 128 Å². The fourth-order valence-corrected chi connectivity index (χ4v) is 8.53. The fourth-order valence-electron chi connectivity index (χ4n) is 8.53. The fraction of sp³-hybridized carbons (Fsp3) is 0.696. The lowest BCUT2D eigenvalue weighted by Gasteiger charge is -2.18. The molecule has 6 nitrogen and oxygen atoms in total. The standard InChI is InChI=1S/C69H116O6/c1-4-7-10-13-16-19-22-25-28-30-31-32-33-34-35-36-37-39-41-44-47-50-53-56-59-62-68(71)74-65-66(64-73-67(70)61-58-55-52-49-46-43-40-27-24-21-18-15-12-9-6-3)75-69(72)63-60-57-54-51-48-45-42-38-29-26-23-20-17-14-11-8-5-2/h8,11,17-18,20-22,25-27,29-31,33-34,40,42,45,66H,4-7,9-10,12-16,19,23-24,28,32,35-39,41,43-44,46-65H2,1-3H3/b11-8-,20-17-,21-18-,25-22-,29-26-,31-30-,34-33-,40-27-,45-42-. The van der Waals surface area contributed by atoms with Gasteiger partial charge in [0.1, 0.15) is 13.2 Å². The third kappa shape index (κ3) is 60.8. The van der Waals surface area contributed by atoms with Gasteiger partial charge in [0.25, 0.3) is 0 Å². The predicted molar refractivity (Wildman–Crippen MR) is 325 cm³/mol. The van der Waals surface area contributed by atoms with E-state index in [4.69, 9.17) is 14.2 Å². The van der Waals surface area contributed by atoms with E-state index in [2.05, 4.69) is 130 Å². The minimum Gasteiger partial charge on any atom is -0.462 e. The molecule has 428 valence electrons. The molecule has 0 bridgehead atoms. The molecule has 1 atom stereocenters. The van der Waals surface area contributed by atoms with Crippen LogP contribution in [0.5, 0.6) is 0 Å².